The highest BCUT2D eigenvalue weighted by Gasteiger charge is 2.42. The number of nitrogens with zero attached hydrogens (tertiary/aromatic N) is 1. The van der Waals surface area contributed by atoms with Gasteiger partial charge in [0.1, 0.15) is 17.2 Å². The van der Waals surface area contributed by atoms with E-state index in [9.17, 15) is 14.6 Å². The van der Waals surface area contributed by atoms with E-state index >= 15 is 0 Å². The summed E-state index contributed by atoms with van der Waals surface area (Å²) in [5.41, 5.74) is 1.27. The Labute approximate surface area is 152 Å². The second kappa shape index (κ2) is 6.99. The lowest BCUT2D eigenvalue weighted by atomic mass is 9.81. The fourth-order valence-electron chi connectivity index (χ4n) is 4.07. The van der Waals surface area contributed by atoms with Crippen LogP contribution in [-0.2, 0) is 0 Å². The number of halogens is 1. The number of benzene rings is 2. The van der Waals surface area contributed by atoms with E-state index in [1.165, 1.54) is 12.1 Å². The van der Waals surface area contributed by atoms with Crippen LogP contribution in [0, 0.1) is 5.82 Å². The third kappa shape index (κ3) is 3.47. The summed E-state index contributed by atoms with van der Waals surface area (Å²) in [4.78, 5) is 2.20. The molecule has 2 aliphatic heterocycles. The number of aliphatic hydroxyl groups excluding tert-OH is 2. The fraction of sp³-hybridized carbons (Fsp3) is 0.429. The van der Waals surface area contributed by atoms with Gasteiger partial charge in [0.2, 0.25) is 0 Å². The lowest BCUT2D eigenvalue weighted by molar-refractivity contribution is -0.0587. The van der Waals surface area contributed by atoms with Gasteiger partial charge in [0.25, 0.3) is 0 Å². The van der Waals surface area contributed by atoms with Crippen molar-refractivity contribution in [1.29, 1.82) is 0 Å². The topological polar surface area (TPSA) is 52.9 Å². The number of rotatable bonds is 3. The van der Waals surface area contributed by atoms with Crippen molar-refractivity contribution in [2.75, 3.05) is 19.6 Å². The number of aliphatic hydroxyl groups is 2. The molecule has 138 valence electrons. The predicted octanol–water partition coefficient (Wildman–Crippen LogP) is 3.21. The molecular formula is C21H24FNO3. The summed E-state index contributed by atoms with van der Waals surface area (Å²) >= 11 is 0. The maximum atomic E-state index is 13.0. The van der Waals surface area contributed by atoms with Gasteiger partial charge in [-0.05, 0) is 36.6 Å². The molecule has 2 aromatic rings. The Morgan fingerprint density at radius 1 is 1.12 bits per heavy atom. The molecular weight excluding hydrogens is 333 g/mol. The van der Waals surface area contributed by atoms with Crippen LogP contribution in [0.2, 0.25) is 0 Å². The zero-order valence-electron chi connectivity index (χ0n) is 14.6. The number of hydrogen-bond acceptors (Lipinski definition) is 4. The molecule has 2 heterocycles. The molecule has 4 rings (SSSR count). The van der Waals surface area contributed by atoms with Crippen molar-refractivity contribution in [2.45, 2.75) is 37.1 Å². The van der Waals surface area contributed by atoms with Crippen LogP contribution in [-0.4, -0.2) is 40.3 Å². The Morgan fingerprint density at radius 3 is 2.54 bits per heavy atom. The van der Waals surface area contributed by atoms with Crippen molar-refractivity contribution < 1.29 is 19.3 Å². The van der Waals surface area contributed by atoms with Crippen LogP contribution in [0.15, 0.2) is 48.5 Å². The number of piperidine rings is 1. The standard InChI is InChI=1S/C21H24FNO3/c22-16-7-5-15(6-8-16)19(25)14-23-11-9-21(10-12-23)13-18(24)17-3-1-2-4-20(17)26-21/h1-8,18-19,24-25H,9-14H2/t18-,19-/m0/s1. The first kappa shape index (κ1) is 17.5. The van der Waals surface area contributed by atoms with E-state index in [1.54, 1.807) is 12.1 Å². The van der Waals surface area contributed by atoms with E-state index in [0.717, 1.165) is 42.8 Å². The zero-order valence-corrected chi connectivity index (χ0v) is 14.6. The smallest absolute Gasteiger partial charge is 0.125 e. The van der Waals surface area contributed by atoms with Gasteiger partial charge < -0.3 is 19.8 Å². The van der Waals surface area contributed by atoms with Crippen LogP contribution in [0.4, 0.5) is 4.39 Å². The summed E-state index contributed by atoms with van der Waals surface area (Å²) in [6.45, 7) is 2.11. The quantitative estimate of drug-likeness (QED) is 0.886. The minimum atomic E-state index is -0.636. The lowest BCUT2D eigenvalue weighted by Gasteiger charge is -2.46. The van der Waals surface area contributed by atoms with Crippen LogP contribution in [0.1, 0.15) is 42.6 Å². The Morgan fingerprint density at radius 2 is 1.81 bits per heavy atom. The highest BCUT2D eigenvalue weighted by atomic mass is 19.1. The zero-order chi connectivity index (χ0) is 18.1. The first-order valence-corrected chi connectivity index (χ1v) is 9.17. The molecule has 2 aromatic carbocycles. The normalized spacial score (nSPS) is 23.3. The molecule has 4 nitrogen and oxygen atoms in total. The molecule has 2 aliphatic rings. The molecule has 1 saturated heterocycles. The molecule has 0 unspecified atom stereocenters. The van der Waals surface area contributed by atoms with Gasteiger partial charge in [-0.2, -0.15) is 0 Å². The third-order valence-electron chi connectivity index (χ3n) is 5.62. The second-order valence-corrected chi connectivity index (χ2v) is 7.41. The summed E-state index contributed by atoms with van der Waals surface area (Å²) in [6.07, 6.45) is 1.11. The van der Waals surface area contributed by atoms with Crippen molar-refractivity contribution in [3.63, 3.8) is 0 Å². The first-order chi connectivity index (χ1) is 12.5. The van der Waals surface area contributed by atoms with Gasteiger partial charge in [0, 0.05) is 31.6 Å². The van der Waals surface area contributed by atoms with E-state index in [0.29, 0.717) is 13.0 Å². The number of para-hydroxylation sites is 1. The van der Waals surface area contributed by atoms with E-state index in [-0.39, 0.29) is 11.4 Å². The number of β-amino-alcohol motifs (C(OH)–C–C–N with tert-alkyl or cyclic N) is 1. The van der Waals surface area contributed by atoms with Gasteiger partial charge in [0.15, 0.2) is 0 Å². The maximum absolute atomic E-state index is 13.0. The number of fused-ring (bicyclic) bond motifs is 1. The highest BCUT2D eigenvalue weighted by Crippen LogP contribution is 2.44. The molecule has 0 amide bonds. The lowest BCUT2D eigenvalue weighted by Crippen LogP contribution is -2.51. The largest absolute Gasteiger partial charge is 0.487 e. The molecule has 0 radical (unpaired) electrons. The molecule has 1 fully saturated rings. The van der Waals surface area contributed by atoms with Gasteiger partial charge in [-0.3, -0.25) is 0 Å². The van der Waals surface area contributed by atoms with Gasteiger partial charge in [0.05, 0.1) is 12.2 Å². The van der Waals surface area contributed by atoms with E-state index in [1.807, 2.05) is 24.3 Å². The van der Waals surface area contributed by atoms with E-state index in [2.05, 4.69) is 4.90 Å². The molecule has 0 saturated carbocycles. The minimum Gasteiger partial charge on any atom is -0.487 e. The number of hydrogen-bond donors (Lipinski definition) is 2. The molecule has 1 spiro atoms. The van der Waals surface area contributed by atoms with Crippen molar-refractivity contribution in [2.24, 2.45) is 0 Å². The van der Waals surface area contributed by atoms with Gasteiger partial charge in [-0.1, -0.05) is 30.3 Å². The Bertz CT molecular complexity index is 756. The number of likely N-dealkylation sites (tertiary alicyclic amines) is 1. The summed E-state index contributed by atoms with van der Waals surface area (Å²) in [5, 5.41) is 20.9. The summed E-state index contributed by atoms with van der Waals surface area (Å²) < 4.78 is 19.3. The van der Waals surface area contributed by atoms with Gasteiger partial charge >= 0.3 is 0 Å². The van der Waals surface area contributed by atoms with Crippen molar-refractivity contribution >= 4 is 0 Å². The molecule has 2 N–H and O–H groups in total. The molecule has 0 aliphatic carbocycles. The average Bonchev–Trinajstić information content (AvgIpc) is 2.64. The van der Waals surface area contributed by atoms with Crippen LogP contribution >= 0.6 is 0 Å². The predicted molar refractivity (Wildman–Crippen MR) is 96.4 cm³/mol. The number of ether oxygens (including phenoxy) is 1. The molecule has 2 atom stereocenters. The van der Waals surface area contributed by atoms with Gasteiger partial charge in [-0.25, -0.2) is 4.39 Å². The minimum absolute atomic E-state index is 0.297. The summed E-state index contributed by atoms with van der Waals surface area (Å²) in [5.74, 6) is 0.486. The Hall–Kier alpha value is -1.95. The fourth-order valence-corrected chi connectivity index (χ4v) is 4.07. The second-order valence-electron chi connectivity index (χ2n) is 7.41. The third-order valence-corrected chi connectivity index (χ3v) is 5.62. The Kier molecular flexibility index (Phi) is 4.69. The van der Waals surface area contributed by atoms with Crippen molar-refractivity contribution in [1.82, 2.24) is 4.90 Å². The monoisotopic (exact) mass is 357 g/mol. The molecule has 0 bridgehead atoms. The molecule has 5 heteroatoms. The summed E-state index contributed by atoms with van der Waals surface area (Å²) in [6, 6.07) is 13.7. The van der Waals surface area contributed by atoms with E-state index in [4.69, 9.17) is 4.74 Å². The van der Waals surface area contributed by atoms with Crippen molar-refractivity contribution in [3.05, 3.63) is 65.5 Å². The average molecular weight is 357 g/mol. The molecule has 0 aromatic heterocycles. The van der Waals surface area contributed by atoms with Crippen LogP contribution in [0.3, 0.4) is 0 Å². The van der Waals surface area contributed by atoms with Gasteiger partial charge in [-0.15, -0.1) is 0 Å². The maximum Gasteiger partial charge on any atom is 0.125 e. The van der Waals surface area contributed by atoms with Crippen LogP contribution < -0.4 is 4.74 Å². The Balaban J connectivity index is 1.38. The first-order valence-electron chi connectivity index (χ1n) is 9.17. The van der Waals surface area contributed by atoms with Crippen LogP contribution in [0.5, 0.6) is 5.75 Å². The van der Waals surface area contributed by atoms with Crippen molar-refractivity contribution in [3.8, 4) is 5.75 Å². The molecule has 26 heavy (non-hydrogen) atoms. The SMILES string of the molecule is O[C@@H](CN1CCC2(CC1)C[C@H](O)c1ccccc1O2)c1ccc(F)cc1. The van der Waals surface area contributed by atoms with E-state index < -0.39 is 12.2 Å². The summed E-state index contributed by atoms with van der Waals surface area (Å²) in [7, 11) is 0. The highest BCUT2D eigenvalue weighted by molar-refractivity contribution is 5.38. The van der Waals surface area contributed by atoms with Crippen LogP contribution in [0.25, 0.3) is 0 Å².